The van der Waals surface area contributed by atoms with E-state index < -0.39 is 42.9 Å². The smallest absolute Gasteiger partial charge is 0.328 e. The standard InChI is InChI=1S/C27H34Cl2N2O8/c1-7-18(8-2)24(39-21-10-9-19(28)13-20(21)29)16(4)38-27(34)15(3)31-26(33)23-25(37-14-36-17(5)32)22(35-6)11-12-30-23/h9-13,15-16,18,24H,7-8,14H2,1-6H3,(H,31,33)/t15-,16-,24+/m0/s1. The predicted molar refractivity (Wildman–Crippen MR) is 145 cm³/mol. The normalized spacial score (nSPS) is 13.2. The summed E-state index contributed by atoms with van der Waals surface area (Å²) < 4.78 is 27.3. The highest BCUT2D eigenvalue weighted by molar-refractivity contribution is 6.35. The number of benzene rings is 1. The van der Waals surface area contributed by atoms with Crippen molar-refractivity contribution < 1.29 is 38.1 Å². The van der Waals surface area contributed by atoms with Gasteiger partial charge in [0.15, 0.2) is 17.2 Å². The summed E-state index contributed by atoms with van der Waals surface area (Å²) in [4.78, 5) is 41.1. The monoisotopic (exact) mass is 584 g/mol. The zero-order valence-corrected chi connectivity index (χ0v) is 24.3. The number of pyridine rings is 1. The van der Waals surface area contributed by atoms with Crippen molar-refractivity contribution in [1.29, 1.82) is 0 Å². The van der Waals surface area contributed by atoms with E-state index in [2.05, 4.69) is 10.3 Å². The topological polar surface area (TPSA) is 122 Å². The minimum absolute atomic E-state index is 0.0465. The Bertz CT molecular complexity index is 1140. The Labute approximate surface area is 238 Å². The fraction of sp³-hybridized carbons (Fsp3) is 0.481. The van der Waals surface area contributed by atoms with E-state index >= 15 is 0 Å². The summed E-state index contributed by atoms with van der Waals surface area (Å²) in [6, 6.07) is 5.34. The van der Waals surface area contributed by atoms with Crippen LogP contribution in [0.4, 0.5) is 0 Å². The lowest BCUT2D eigenvalue weighted by Gasteiger charge is -2.32. The summed E-state index contributed by atoms with van der Waals surface area (Å²) in [6.07, 6.45) is 1.71. The van der Waals surface area contributed by atoms with Gasteiger partial charge in [-0.15, -0.1) is 0 Å². The number of rotatable bonds is 14. The summed E-state index contributed by atoms with van der Waals surface area (Å²) in [7, 11) is 1.38. The van der Waals surface area contributed by atoms with Gasteiger partial charge in [-0.1, -0.05) is 37.0 Å². The van der Waals surface area contributed by atoms with Gasteiger partial charge in [0.05, 0.1) is 12.1 Å². The molecule has 39 heavy (non-hydrogen) atoms. The van der Waals surface area contributed by atoms with E-state index in [1.165, 1.54) is 33.2 Å². The molecule has 0 saturated carbocycles. The van der Waals surface area contributed by atoms with E-state index in [4.69, 9.17) is 46.9 Å². The predicted octanol–water partition coefficient (Wildman–Crippen LogP) is 5.23. The summed E-state index contributed by atoms with van der Waals surface area (Å²) in [5, 5.41) is 3.37. The van der Waals surface area contributed by atoms with Crippen LogP contribution >= 0.6 is 23.2 Å². The first-order valence-electron chi connectivity index (χ1n) is 12.4. The molecule has 0 saturated heterocycles. The third-order valence-electron chi connectivity index (χ3n) is 5.91. The molecule has 1 amide bonds. The number of hydrogen-bond donors (Lipinski definition) is 1. The third kappa shape index (κ3) is 9.18. The van der Waals surface area contributed by atoms with Crippen molar-refractivity contribution in [3.05, 3.63) is 46.2 Å². The van der Waals surface area contributed by atoms with Crippen LogP contribution in [-0.2, 0) is 19.1 Å². The van der Waals surface area contributed by atoms with Gasteiger partial charge in [-0.3, -0.25) is 9.59 Å². The van der Waals surface area contributed by atoms with Gasteiger partial charge in [0, 0.05) is 24.2 Å². The molecule has 0 bridgehead atoms. The maximum Gasteiger partial charge on any atom is 0.328 e. The molecule has 3 atom stereocenters. The number of methoxy groups -OCH3 is 1. The molecule has 12 heteroatoms. The highest BCUT2D eigenvalue weighted by Crippen LogP contribution is 2.32. The number of nitrogens with zero attached hydrogens (tertiary/aromatic N) is 1. The summed E-state index contributed by atoms with van der Waals surface area (Å²) >= 11 is 12.3. The Hall–Kier alpha value is -3.24. The quantitative estimate of drug-likeness (QED) is 0.235. The van der Waals surface area contributed by atoms with Crippen LogP contribution in [0.2, 0.25) is 10.0 Å². The average molecular weight is 585 g/mol. The maximum absolute atomic E-state index is 13.0. The second kappa shape index (κ2) is 15.4. The molecule has 1 aromatic heterocycles. The van der Waals surface area contributed by atoms with E-state index in [0.717, 1.165) is 12.8 Å². The molecule has 1 aromatic carbocycles. The van der Waals surface area contributed by atoms with Gasteiger partial charge in [-0.05, 0) is 50.8 Å². The summed E-state index contributed by atoms with van der Waals surface area (Å²) in [5.41, 5.74) is -0.162. The van der Waals surface area contributed by atoms with Crippen molar-refractivity contribution in [2.75, 3.05) is 13.9 Å². The van der Waals surface area contributed by atoms with Gasteiger partial charge in [0.25, 0.3) is 5.91 Å². The minimum atomic E-state index is -1.05. The number of amides is 1. The largest absolute Gasteiger partial charge is 0.493 e. The highest BCUT2D eigenvalue weighted by atomic mass is 35.5. The van der Waals surface area contributed by atoms with Crippen LogP contribution in [0.3, 0.4) is 0 Å². The molecular formula is C27H34Cl2N2O8. The summed E-state index contributed by atoms with van der Waals surface area (Å²) in [5.74, 6) is -1.34. The molecule has 2 rings (SSSR count). The fourth-order valence-corrected chi connectivity index (χ4v) is 4.24. The van der Waals surface area contributed by atoms with Crippen molar-refractivity contribution in [2.24, 2.45) is 5.92 Å². The Balaban J connectivity index is 2.15. The van der Waals surface area contributed by atoms with Crippen LogP contribution in [0, 0.1) is 5.92 Å². The number of carbonyl (C=O) groups is 3. The Morgan fingerprint density at radius 1 is 1.05 bits per heavy atom. The zero-order valence-electron chi connectivity index (χ0n) is 22.8. The first-order valence-corrected chi connectivity index (χ1v) is 13.2. The van der Waals surface area contributed by atoms with Crippen molar-refractivity contribution >= 4 is 41.0 Å². The van der Waals surface area contributed by atoms with E-state index in [0.29, 0.717) is 15.8 Å². The highest BCUT2D eigenvalue weighted by Gasteiger charge is 2.32. The SMILES string of the molecule is CCC(CC)[C@H](Oc1ccc(Cl)cc1Cl)[C@H](C)OC(=O)[C@H](C)NC(=O)c1nccc(OC)c1OCOC(C)=O. The van der Waals surface area contributed by atoms with Crippen LogP contribution in [-0.4, -0.2) is 55.0 Å². The number of esters is 2. The molecule has 0 spiro atoms. The van der Waals surface area contributed by atoms with Crippen molar-refractivity contribution in [1.82, 2.24) is 10.3 Å². The molecule has 10 nitrogen and oxygen atoms in total. The summed E-state index contributed by atoms with van der Waals surface area (Å²) in [6.45, 7) is 8.01. The molecule has 0 fully saturated rings. The van der Waals surface area contributed by atoms with Crippen LogP contribution in [0.25, 0.3) is 0 Å². The van der Waals surface area contributed by atoms with Crippen molar-refractivity contribution in [3.63, 3.8) is 0 Å². The van der Waals surface area contributed by atoms with Crippen molar-refractivity contribution in [3.8, 4) is 17.2 Å². The lowest BCUT2D eigenvalue weighted by Crippen LogP contribution is -2.45. The van der Waals surface area contributed by atoms with E-state index in [9.17, 15) is 14.4 Å². The molecule has 1 heterocycles. The van der Waals surface area contributed by atoms with Crippen LogP contribution in [0.15, 0.2) is 30.5 Å². The zero-order chi connectivity index (χ0) is 29.1. The number of carbonyl (C=O) groups excluding carboxylic acids is 3. The molecule has 0 aliphatic heterocycles. The first-order chi connectivity index (χ1) is 18.5. The van der Waals surface area contributed by atoms with Gasteiger partial charge in [0.1, 0.15) is 24.0 Å². The molecule has 0 aliphatic rings. The Morgan fingerprint density at radius 3 is 2.33 bits per heavy atom. The number of aromatic nitrogens is 1. The van der Waals surface area contributed by atoms with Crippen LogP contribution in [0.5, 0.6) is 17.2 Å². The fourth-order valence-electron chi connectivity index (χ4n) is 3.79. The van der Waals surface area contributed by atoms with Gasteiger partial charge in [0.2, 0.25) is 6.79 Å². The Kier molecular flexibility index (Phi) is 12.6. The molecule has 0 radical (unpaired) electrons. The number of halogens is 2. The van der Waals surface area contributed by atoms with Gasteiger partial charge >= 0.3 is 11.9 Å². The minimum Gasteiger partial charge on any atom is -0.493 e. The number of ether oxygens (including phenoxy) is 5. The molecular weight excluding hydrogens is 551 g/mol. The molecule has 0 unspecified atom stereocenters. The molecule has 0 aliphatic carbocycles. The van der Waals surface area contributed by atoms with Gasteiger partial charge < -0.3 is 29.0 Å². The molecule has 1 N–H and O–H groups in total. The van der Waals surface area contributed by atoms with Crippen molar-refractivity contribution in [2.45, 2.75) is 65.7 Å². The van der Waals surface area contributed by atoms with Gasteiger partial charge in [-0.25, -0.2) is 9.78 Å². The lowest BCUT2D eigenvalue weighted by atomic mass is 9.93. The van der Waals surface area contributed by atoms with Crippen LogP contribution < -0.4 is 19.5 Å². The first kappa shape index (κ1) is 32.0. The molecule has 2 aromatic rings. The van der Waals surface area contributed by atoms with Crippen LogP contribution in [0.1, 0.15) is 57.9 Å². The van der Waals surface area contributed by atoms with E-state index in [1.807, 2.05) is 13.8 Å². The van der Waals surface area contributed by atoms with Gasteiger partial charge in [-0.2, -0.15) is 0 Å². The number of nitrogens with one attached hydrogen (secondary N) is 1. The number of hydrogen-bond acceptors (Lipinski definition) is 9. The van der Waals surface area contributed by atoms with E-state index in [1.54, 1.807) is 25.1 Å². The molecule has 214 valence electrons. The lowest BCUT2D eigenvalue weighted by molar-refractivity contribution is -0.156. The Morgan fingerprint density at radius 2 is 1.74 bits per heavy atom. The average Bonchev–Trinajstić information content (AvgIpc) is 2.89. The third-order valence-corrected chi connectivity index (χ3v) is 6.44. The van der Waals surface area contributed by atoms with E-state index in [-0.39, 0.29) is 23.1 Å². The second-order valence-electron chi connectivity index (χ2n) is 8.66. The second-order valence-corrected chi connectivity index (χ2v) is 9.50. The maximum atomic E-state index is 13.0.